The van der Waals surface area contributed by atoms with Crippen LogP contribution in [0.5, 0.6) is 11.5 Å². The largest absolute Gasteiger partial charge is 0.495 e. The van der Waals surface area contributed by atoms with Crippen LogP contribution in [-0.4, -0.2) is 40.1 Å². The number of methoxy groups -OCH3 is 2. The number of carbonyl (C=O) groups excluding carboxylic acids is 1. The number of isocyanates is 1. The van der Waals surface area contributed by atoms with Gasteiger partial charge >= 0.3 is 0 Å². The van der Waals surface area contributed by atoms with Crippen LogP contribution in [0.1, 0.15) is 19.8 Å². The van der Waals surface area contributed by atoms with Gasteiger partial charge in [0.2, 0.25) is 6.08 Å². The molecule has 0 aliphatic rings. The molecule has 0 atom stereocenters. The lowest BCUT2D eigenvalue weighted by atomic mass is 10.3. The number of ether oxygens (including phenoxy) is 3. The van der Waals surface area contributed by atoms with Crippen LogP contribution in [0.4, 0.5) is 5.69 Å². The molecule has 0 spiro atoms. The Morgan fingerprint density at radius 2 is 1.87 bits per heavy atom. The summed E-state index contributed by atoms with van der Waals surface area (Å²) >= 11 is 5.84. The molecule has 1 aromatic carbocycles. The Bertz CT molecular complexity index is 475. The molecular formula is C15H24Cl2N2O4. The normalized spacial score (nSPS) is 8.91. The summed E-state index contributed by atoms with van der Waals surface area (Å²) in [7, 11) is 2.93. The molecule has 1 aromatic rings. The maximum absolute atomic E-state index is 10.1. The Kier molecular flexibility index (Phi) is 16.2. The van der Waals surface area contributed by atoms with Crippen LogP contribution in [-0.2, 0) is 9.53 Å². The van der Waals surface area contributed by atoms with Crippen LogP contribution in [0.2, 0.25) is 5.02 Å². The Morgan fingerprint density at radius 1 is 1.22 bits per heavy atom. The molecule has 0 aliphatic heterocycles. The lowest BCUT2D eigenvalue weighted by Gasteiger charge is -2.07. The van der Waals surface area contributed by atoms with Crippen LogP contribution in [0.15, 0.2) is 17.1 Å². The van der Waals surface area contributed by atoms with Gasteiger partial charge in [-0.15, -0.1) is 12.4 Å². The Hall–Kier alpha value is -1.30. The second kappa shape index (κ2) is 15.6. The summed E-state index contributed by atoms with van der Waals surface area (Å²) in [6.45, 7) is 4.54. The van der Waals surface area contributed by atoms with Crippen LogP contribution >= 0.6 is 24.0 Å². The van der Waals surface area contributed by atoms with Gasteiger partial charge in [-0.3, -0.25) is 0 Å². The van der Waals surface area contributed by atoms with Gasteiger partial charge in [0.15, 0.2) is 0 Å². The van der Waals surface area contributed by atoms with Crippen LogP contribution < -0.4 is 15.2 Å². The SMILES string of the molecule is CCCOCCCN.COc1cc(N=C=O)c(OC)cc1Cl.Cl. The first-order valence-electron chi connectivity index (χ1n) is 6.91. The highest BCUT2D eigenvalue weighted by molar-refractivity contribution is 6.32. The van der Waals surface area contributed by atoms with Gasteiger partial charge in [0.25, 0.3) is 0 Å². The first kappa shape index (κ1) is 24.0. The van der Waals surface area contributed by atoms with Gasteiger partial charge in [0.05, 0.1) is 19.2 Å². The third-order valence-electron chi connectivity index (χ3n) is 2.46. The number of aliphatic imine (C=N–C) groups is 1. The lowest BCUT2D eigenvalue weighted by molar-refractivity contribution is 0.134. The highest BCUT2D eigenvalue weighted by Crippen LogP contribution is 2.37. The van der Waals surface area contributed by atoms with Crippen molar-refractivity contribution >= 4 is 35.8 Å². The first-order chi connectivity index (χ1) is 10.6. The third-order valence-corrected chi connectivity index (χ3v) is 2.76. The molecule has 0 saturated heterocycles. The zero-order chi connectivity index (χ0) is 16.8. The second-order valence-corrected chi connectivity index (χ2v) is 4.52. The smallest absolute Gasteiger partial charge is 0.240 e. The molecule has 2 N–H and O–H groups in total. The molecule has 0 fully saturated rings. The van der Waals surface area contributed by atoms with Crippen molar-refractivity contribution in [1.29, 1.82) is 0 Å². The van der Waals surface area contributed by atoms with E-state index in [4.69, 9.17) is 31.5 Å². The van der Waals surface area contributed by atoms with Gasteiger partial charge in [-0.05, 0) is 19.4 Å². The molecule has 0 amide bonds. The second-order valence-electron chi connectivity index (χ2n) is 4.12. The molecule has 0 unspecified atom stereocenters. The van der Waals surface area contributed by atoms with E-state index in [1.165, 1.54) is 32.4 Å². The Morgan fingerprint density at radius 3 is 2.35 bits per heavy atom. The minimum atomic E-state index is 0. The van der Waals surface area contributed by atoms with E-state index >= 15 is 0 Å². The molecule has 23 heavy (non-hydrogen) atoms. The minimum absolute atomic E-state index is 0. The fourth-order valence-electron chi connectivity index (χ4n) is 1.41. The average Bonchev–Trinajstić information content (AvgIpc) is 2.53. The van der Waals surface area contributed by atoms with Crippen LogP contribution in [0.3, 0.4) is 0 Å². The van der Waals surface area contributed by atoms with E-state index < -0.39 is 0 Å². The van der Waals surface area contributed by atoms with Crippen molar-refractivity contribution in [3.8, 4) is 11.5 Å². The van der Waals surface area contributed by atoms with Gasteiger partial charge in [-0.25, -0.2) is 4.79 Å². The molecule has 6 nitrogen and oxygen atoms in total. The fourth-order valence-corrected chi connectivity index (χ4v) is 1.64. The number of hydrogen-bond donors (Lipinski definition) is 1. The number of hydrogen-bond acceptors (Lipinski definition) is 6. The van der Waals surface area contributed by atoms with Crippen molar-refractivity contribution in [2.45, 2.75) is 19.8 Å². The highest BCUT2D eigenvalue weighted by atomic mass is 35.5. The third kappa shape index (κ3) is 10.2. The highest BCUT2D eigenvalue weighted by Gasteiger charge is 2.08. The predicted octanol–water partition coefficient (Wildman–Crippen LogP) is 3.51. The Balaban J connectivity index is 0. The van der Waals surface area contributed by atoms with Crippen molar-refractivity contribution in [2.24, 2.45) is 10.7 Å². The molecule has 0 heterocycles. The van der Waals surface area contributed by atoms with Crippen LogP contribution in [0, 0.1) is 0 Å². The van der Waals surface area contributed by atoms with Gasteiger partial charge in [-0.2, -0.15) is 4.99 Å². The molecule has 0 aromatic heterocycles. The van der Waals surface area contributed by atoms with E-state index in [2.05, 4.69) is 11.9 Å². The number of benzene rings is 1. The summed E-state index contributed by atoms with van der Waals surface area (Å²) in [6.07, 6.45) is 3.51. The van der Waals surface area contributed by atoms with E-state index in [9.17, 15) is 4.79 Å². The van der Waals surface area contributed by atoms with E-state index in [1.54, 1.807) is 0 Å². The van der Waals surface area contributed by atoms with E-state index in [1.807, 2.05) is 0 Å². The van der Waals surface area contributed by atoms with E-state index in [-0.39, 0.29) is 12.4 Å². The zero-order valence-electron chi connectivity index (χ0n) is 13.6. The molecule has 0 radical (unpaired) electrons. The summed E-state index contributed by atoms with van der Waals surface area (Å²) < 4.78 is 15.1. The predicted molar refractivity (Wildman–Crippen MR) is 94.4 cm³/mol. The van der Waals surface area contributed by atoms with Crippen molar-refractivity contribution < 1.29 is 19.0 Å². The first-order valence-corrected chi connectivity index (χ1v) is 7.29. The summed E-state index contributed by atoms with van der Waals surface area (Å²) in [5.41, 5.74) is 5.57. The molecule has 1 rings (SSSR count). The number of halogens is 2. The fraction of sp³-hybridized carbons (Fsp3) is 0.533. The maximum atomic E-state index is 10.1. The minimum Gasteiger partial charge on any atom is -0.495 e. The molecule has 0 saturated carbocycles. The zero-order valence-corrected chi connectivity index (χ0v) is 15.2. The van der Waals surface area contributed by atoms with E-state index in [0.29, 0.717) is 22.2 Å². The van der Waals surface area contributed by atoms with Crippen molar-refractivity contribution in [2.75, 3.05) is 34.0 Å². The molecule has 0 aliphatic carbocycles. The standard InChI is InChI=1S/C9H8ClNO3.C6H15NO.ClH/c1-13-8-4-7(11-5-12)9(14-2)3-6(8)10;1-2-5-8-6-3-4-7;/h3-4H,1-2H3;2-7H2,1H3;1H. The van der Waals surface area contributed by atoms with Crippen LogP contribution in [0.25, 0.3) is 0 Å². The maximum Gasteiger partial charge on any atom is 0.240 e. The number of nitrogens with zero attached hydrogens (tertiary/aromatic N) is 1. The van der Waals surface area contributed by atoms with Crippen molar-refractivity contribution in [3.63, 3.8) is 0 Å². The molecule has 0 bridgehead atoms. The molecular weight excluding hydrogens is 343 g/mol. The van der Waals surface area contributed by atoms with Gasteiger partial charge in [0.1, 0.15) is 17.2 Å². The summed E-state index contributed by atoms with van der Waals surface area (Å²) in [5, 5.41) is 0.397. The monoisotopic (exact) mass is 366 g/mol. The van der Waals surface area contributed by atoms with Crippen molar-refractivity contribution in [3.05, 3.63) is 17.2 Å². The topological polar surface area (TPSA) is 83.1 Å². The van der Waals surface area contributed by atoms with Gasteiger partial charge in [-0.1, -0.05) is 18.5 Å². The molecule has 8 heteroatoms. The van der Waals surface area contributed by atoms with Gasteiger partial charge < -0.3 is 19.9 Å². The summed E-state index contributed by atoms with van der Waals surface area (Å²) in [4.78, 5) is 13.6. The summed E-state index contributed by atoms with van der Waals surface area (Å²) in [6, 6.07) is 3.03. The number of rotatable bonds is 8. The lowest BCUT2D eigenvalue weighted by Crippen LogP contribution is -2.04. The quantitative estimate of drug-likeness (QED) is 0.432. The Labute approximate surface area is 148 Å². The number of nitrogens with two attached hydrogens (primary N) is 1. The summed E-state index contributed by atoms with van der Waals surface area (Å²) in [5.74, 6) is 0.834. The van der Waals surface area contributed by atoms with Gasteiger partial charge in [0, 0.05) is 25.3 Å². The van der Waals surface area contributed by atoms with E-state index in [0.717, 1.165) is 32.6 Å². The molecule has 132 valence electrons. The van der Waals surface area contributed by atoms with Crippen molar-refractivity contribution in [1.82, 2.24) is 0 Å². The average molecular weight is 367 g/mol.